The zero-order valence-corrected chi connectivity index (χ0v) is 18.7. The van der Waals surface area contributed by atoms with Gasteiger partial charge < -0.3 is 5.32 Å². The molecule has 0 radical (unpaired) electrons. The number of aryl methyl sites for hydroxylation is 1. The number of H-pyrrole nitrogens is 1. The van der Waals surface area contributed by atoms with Gasteiger partial charge in [-0.1, -0.05) is 18.9 Å². The molecule has 8 heteroatoms. The molecule has 0 atom stereocenters. The van der Waals surface area contributed by atoms with Crippen molar-refractivity contribution in [2.45, 2.75) is 39.2 Å². The van der Waals surface area contributed by atoms with Crippen LogP contribution in [0.1, 0.15) is 47.6 Å². The molecule has 0 aliphatic carbocycles. The van der Waals surface area contributed by atoms with Crippen LogP contribution in [0, 0.1) is 6.92 Å². The third-order valence-corrected chi connectivity index (χ3v) is 6.05. The van der Waals surface area contributed by atoms with Crippen LogP contribution in [0.3, 0.4) is 0 Å². The van der Waals surface area contributed by atoms with Crippen LogP contribution in [0.25, 0.3) is 22.0 Å². The number of amides is 1. The van der Waals surface area contributed by atoms with Crippen LogP contribution in [-0.2, 0) is 6.54 Å². The largest absolute Gasteiger partial charge is 0.318 e. The second kappa shape index (κ2) is 9.46. The van der Waals surface area contributed by atoms with Gasteiger partial charge in [0.1, 0.15) is 5.82 Å². The monoisotopic (exact) mass is 441 g/mol. The van der Waals surface area contributed by atoms with Gasteiger partial charge in [-0.2, -0.15) is 5.10 Å². The first kappa shape index (κ1) is 21.2. The average molecular weight is 442 g/mol. The van der Waals surface area contributed by atoms with Gasteiger partial charge in [0.25, 0.3) is 5.91 Å². The molecule has 33 heavy (non-hydrogen) atoms. The van der Waals surface area contributed by atoms with Crippen molar-refractivity contribution >= 4 is 22.5 Å². The number of rotatable bonds is 5. The van der Waals surface area contributed by atoms with Crippen LogP contribution >= 0.6 is 0 Å². The lowest BCUT2D eigenvalue weighted by atomic mass is 10.0. The molecule has 5 rings (SSSR count). The number of nitrogens with zero attached hydrogens (tertiary/aromatic N) is 5. The van der Waals surface area contributed by atoms with Gasteiger partial charge in [0.05, 0.1) is 23.6 Å². The summed E-state index contributed by atoms with van der Waals surface area (Å²) in [6.07, 6.45) is 12.2. The van der Waals surface area contributed by atoms with Crippen LogP contribution in [0.4, 0.5) is 5.69 Å². The third kappa shape index (κ3) is 4.90. The second-order valence-corrected chi connectivity index (χ2v) is 8.58. The van der Waals surface area contributed by atoms with E-state index in [0.717, 1.165) is 41.7 Å². The minimum Gasteiger partial charge on any atom is -0.318 e. The van der Waals surface area contributed by atoms with Gasteiger partial charge in [0.2, 0.25) is 0 Å². The number of nitrogens with one attached hydrogen (secondary N) is 2. The van der Waals surface area contributed by atoms with Crippen molar-refractivity contribution < 1.29 is 4.79 Å². The maximum absolute atomic E-state index is 12.9. The fourth-order valence-electron chi connectivity index (χ4n) is 4.30. The predicted octanol–water partition coefficient (Wildman–Crippen LogP) is 4.35. The van der Waals surface area contributed by atoms with Crippen LogP contribution in [-0.4, -0.2) is 49.0 Å². The lowest BCUT2D eigenvalue weighted by Gasteiger charge is -2.19. The summed E-state index contributed by atoms with van der Waals surface area (Å²) in [6, 6.07) is 8.17. The van der Waals surface area contributed by atoms with Gasteiger partial charge in [-0.15, -0.1) is 0 Å². The topological polar surface area (TPSA) is 99.7 Å². The molecule has 1 saturated heterocycles. The number of carbonyl (C=O) groups excluding carboxylic acids is 1. The zero-order chi connectivity index (χ0) is 22.6. The first-order valence-electron chi connectivity index (χ1n) is 11.4. The SMILES string of the molecule is Cc1ncc(NC(=O)c2n[nH]c3ccc(-c4cncc(CN5CCCCCC5)c4)cc23)cn1. The summed E-state index contributed by atoms with van der Waals surface area (Å²) >= 11 is 0. The van der Waals surface area contributed by atoms with Crippen LogP contribution in [0.5, 0.6) is 0 Å². The van der Waals surface area contributed by atoms with Gasteiger partial charge >= 0.3 is 0 Å². The normalized spacial score (nSPS) is 14.8. The maximum atomic E-state index is 12.9. The molecule has 1 aliphatic rings. The summed E-state index contributed by atoms with van der Waals surface area (Å²) in [5.41, 5.74) is 4.91. The highest BCUT2D eigenvalue weighted by atomic mass is 16.1. The van der Waals surface area contributed by atoms with E-state index in [2.05, 4.69) is 41.4 Å². The quantitative estimate of drug-likeness (QED) is 0.478. The zero-order valence-electron chi connectivity index (χ0n) is 18.7. The Morgan fingerprint density at radius 2 is 1.79 bits per heavy atom. The number of anilines is 1. The van der Waals surface area contributed by atoms with Gasteiger partial charge in [0, 0.05) is 29.9 Å². The molecule has 4 heterocycles. The van der Waals surface area contributed by atoms with Gasteiger partial charge in [0.15, 0.2) is 5.69 Å². The van der Waals surface area contributed by atoms with Crippen molar-refractivity contribution in [2.24, 2.45) is 0 Å². The van der Waals surface area contributed by atoms with E-state index < -0.39 is 0 Å². The van der Waals surface area contributed by atoms with Gasteiger partial charge in [-0.05, 0) is 62.2 Å². The maximum Gasteiger partial charge on any atom is 0.276 e. The predicted molar refractivity (Wildman–Crippen MR) is 128 cm³/mol. The Kier molecular flexibility index (Phi) is 6.08. The molecular formula is C25H27N7O. The Balaban J connectivity index is 1.39. The number of fused-ring (bicyclic) bond motifs is 1. The van der Waals surface area contributed by atoms with Crippen LogP contribution < -0.4 is 5.32 Å². The van der Waals surface area contributed by atoms with Crippen LogP contribution in [0.15, 0.2) is 49.1 Å². The highest BCUT2D eigenvalue weighted by molar-refractivity contribution is 6.11. The number of hydrogen-bond acceptors (Lipinski definition) is 6. The van der Waals surface area contributed by atoms with E-state index in [-0.39, 0.29) is 5.91 Å². The van der Waals surface area contributed by atoms with Crippen molar-refractivity contribution in [3.05, 3.63) is 66.1 Å². The molecule has 168 valence electrons. The summed E-state index contributed by atoms with van der Waals surface area (Å²) < 4.78 is 0. The summed E-state index contributed by atoms with van der Waals surface area (Å²) in [6.45, 7) is 5.01. The summed E-state index contributed by atoms with van der Waals surface area (Å²) in [4.78, 5) is 28.1. The molecule has 4 aromatic rings. The number of pyridine rings is 1. The molecule has 0 unspecified atom stereocenters. The van der Waals surface area contributed by atoms with Gasteiger partial charge in [-0.25, -0.2) is 9.97 Å². The lowest BCUT2D eigenvalue weighted by Crippen LogP contribution is -2.24. The Hall–Kier alpha value is -3.65. The molecule has 2 N–H and O–H groups in total. The van der Waals surface area contributed by atoms with Crippen molar-refractivity contribution in [1.82, 2.24) is 30.0 Å². The molecule has 3 aromatic heterocycles. The molecule has 0 bridgehead atoms. The Morgan fingerprint density at radius 3 is 2.58 bits per heavy atom. The van der Waals surface area contributed by atoms with E-state index in [0.29, 0.717) is 17.2 Å². The number of hydrogen-bond donors (Lipinski definition) is 2. The summed E-state index contributed by atoms with van der Waals surface area (Å²) in [7, 11) is 0. The number of aromatic nitrogens is 5. The van der Waals surface area contributed by atoms with Gasteiger partial charge in [-0.3, -0.25) is 19.8 Å². The van der Waals surface area contributed by atoms with E-state index in [4.69, 9.17) is 0 Å². The number of carbonyl (C=O) groups is 1. The molecule has 1 aliphatic heterocycles. The fraction of sp³-hybridized carbons (Fsp3) is 0.320. The minimum atomic E-state index is -0.307. The van der Waals surface area contributed by atoms with Crippen molar-refractivity contribution in [3.63, 3.8) is 0 Å². The minimum absolute atomic E-state index is 0.307. The standard InChI is InChI=1S/C25H27N7O/c1-17-27-14-21(15-28-17)29-25(33)24-22-11-19(6-7-23(22)30-31-24)20-10-18(12-26-13-20)16-32-8-4-2-3-5-9-32/h6-7,10-15H,2-5,8-9,16H2,1H3,(H,29,33)(H,30,31). The lowest BCUT2D eigenvalue weighted by molar-refractivity contribution is 0.102. The molecule has 0 saturated carbocycles. The third-order valence-electron chi connectivity index (χ3n) is 6.05. The summed E-state index contributed by atoms with van der Waals surface area (Å²) in [5, 5.41) is 10.8. The second-order valence-electron chi connectivity index (χ2n) is 8.58. The Bertz CT molecular complexity index is 1260. The smallest absolute Gasteiger partial charge is 0.276 e. The molecule has 0 spiro atoms. The van der Waals surface area contributed by atoms with E-state index in [1.165, 1.54) is 31.2 Å². The molecular weight excluding hydrogens is 414 g/mol. The molecule has 8 nitrogen and oxygen atoms in total. The molecule has 1 amide bonds. The van der Waals surface area contributed by atoms with E-state index >= 15 is 0 Å². The number of aromatic amines is 1. The van der Waals surface area contributed by atoms with Crippen LogP contribution in [0.2, 0.25) is 0 Å². The Morgan fingerprint density at radius 1 is 1.00 bits per heavy atom. The van der Waals surface area contributed by atoms with E-state index in [9.17, 15) is 4.79 Å². The average Bonchev–Trinajstić information content (AvgIpc) is 3.09. The summed E-state index contributed by atoms with van der Waals surface area (Å²) in [5.74, 6) is 0.341. The van der Waals surface area contributed by atoms with Crippen molar-refractivity contribution in [3.8, 4) is 11.1 Å². The Labute approximate surface area is 192 Å². The first-order chi connectivity index (χ1) is 16.2. The molecule has 1 fully saturated rings. The van der Waals surface area contributed by atoms with E-state index in [1.807, 2.05) is 30.6 Å². The highest BCUT2D eigenvalue weighted by Gasteiger charge is 2.16. The highest BCUT2D eigenvalue weighted by Crippen LogP contribution is 2.26. The fourth-order valence-corrected chi connectivity index (χ4v) is 4.30. The van der Waals surface area contributed by atoms with Crippen molar-refractivity contribution in [1.29, 1.82) is 0 Å². The number of likely N-dealkylation sites (tertiary alicyclic amines) is 1. The van der Waals surface area contributed by atoms with Crippen molar-refractivity contribution in [2.75, 3.05) is 18.4 Å². The number of benzene rings is 1. The van der Waals surface area contributed by atoms with E-state index in [1.54, 1.807) is 19.3 Å². The first-order valence-corrected chi connectivity index (χ1v) is 11.4. The molecule has 1 aromatic carbocycles.